The molecule has 104 valence electrons. The first-order valence-electron chi connectivity index (χ1n) is 6.29. The van der Waals surface area contributed by atoms with Gasteiger partial charge in [-0.2, -0.15) is 0 Å². The highest BCUT2D eigenvalue weighted by molar-refractivity contribution is 5.61. The highest BCUT2D eigenvalue weighted by Gasteiger charge is 2.40. The van der Waals surface area contributed by atoms with E-state index in [1.807, 2.05) is 11.8 Å². The fourth-order valence-corrected chi connectivity index (χ4v) is 2.48. The minimum absolute atomic E-state index is 0.0457. The lowest BCUT2D eigenvalue weighted by molar-refractivity contribution is -0.385. The number of anilines is 1. The summed E-state index contributed by atoms with van der Waals surface area (Å²) in [6.07, 6.45) is 1.71. The number of aliphatic hydroxyl groups is 1. The fraction of sp³-hybridized carbons (Fsp3) is 0.538. The van der Waals surface area contributed by atoms with Crippen molar-refractivity contribution in [2.24, 2.45) is 0 Å². The molecule has 0 aromatic heterocycles. The number of hydrogen-bond donors (Lipinski definition) is 1. The Morgan fingerprint density at radius 2 is 2.21 bits per heavy atom. The molecule has 2 rings (SSSR count). The van der Waals surface area contributed by atoms with E-state index in [1.54, 1.807) is 12.1 Å². The predicted octanol–water partition coefficient (Wildman–Crippen LogP) is 1.95. The number of hydrogen-bond acceptors (Lipinski definition) is 5. The third-order valence-electron chi connectivity index (χ3n) is 3.41. The maximum Gasteiger partial charge on any atom is 0.311 e. The van der Waals surface area contributed by atoms with E-state index in [1.165, 1.54) is 13.2 Å². The Bertz CT molecular complexity index is 484. The number of methoxy groups -OCH3 is 1. The minimum atomic E-state index is -0.621. The van der Waals surface area contributed by atoms with Crippen molar-refractivity contribution in [3.05, 3.63) is 28.3 Å². The molecule has 0 saturated carbocycles. The third kappa shape index (κ3) is 2.63. The molecule has 1 aromatic carbocycles. The summed E-state index contributed by atoms with van der Waals surface area (Å²) in [6.45, 7) is 3.15. The largest absolute Gasteiger partial charge is 0.490 e. The van der Waals surface area contributed by atoms with Gasteiger partial charge < -0.3 is 14.7 Å². The topological polar surface area (TPSA) is 75.8 Å². The van der Waals surface area contributed by atoms with Gasteiger partial charge in [-0.3, -0.25) is 10.1 Å². The van der Waals surface area contributed by atoms with Gasteiger partial charge in [-0.1, -0.05) is 13.3 Å². The summed E-state index contributed by atoms with van der Waals surface area (Å²) in [5.41, 5.74) is 0.169. The summed E-state index contributed by atoms with van der Waals surface area (Å²) in [6, 6.07) is 4.77. The number of nitrogens with zero attached hydrogens (tertiary/aromatic N) is 2. The Morgan fingerprint density at radius 1 is 1.53 bits per heavy atom. The highest BCUT2D eigenvalue weighted by atomic mass is 16.6. The van der Waals surface area contributed by atoms with Gasteiger partial charge in [0.2, 0.25) is 0 Å². The molecule has 0 aliphatic carbocycles. The van der Waals surface area contributed by atoms with Gasteiger partial charge in [0, 0.05) is 30.9 Å². The van der Waals surface area contributed by atoms with Crippen molar-refractivity contribution in [2.75, 3.05) is 25.1 Å². The zero-order valence-corrected chi connectivity index (χ0v) is 11.1. The Balaban J connectivity index is 2.13. The number of benzene rings is 1. The lowest BCUT2D eigenvalue weighted by Crippen LogP contribution is -2.61. The zero-order chi connectivity index (χ0) is 14.0. The van der Waals surface area contributed by atoms with Crippen LogP contribution in [0.2, 0.25) is 0 Å². The number of rotatable bonds is 5. The van der Waals surface area contributed by atoms with Gasteiger partial charge in [0.1, 0.15) is 0 Å². The van der Waals surface area contributed by atoms with Crippen LogP contribution in [0.1, 0.15) is 19.8 Å². The summed E-state index contributed by atoms with van der Waals surface area (Å²) >= 11 is 0. The quantitative estimate of drug-likeness (QED) is 0.651. The molecule has 1 N–H and O–H groups in total. The molecule has 0 bridgehead atoms. The van der Waals surface area contributed by atoms with E-state index < -0.39 is 10.5 Å². The molecule has 1 saturated heterocycles. The highest BCUT2D eigenvalue weighted by Crippen LogP contribution is 2.36. The van der Waals surface area contributed by atoms with E-state index in [4.69, 9.17) is 4.74 Å². The Kier molecular flexibility index (Phi) is 3.61. The van der Waals surface area contributed by atoms with Gasteiger partial charge in [0.05, 0.1) is 17.6 Å². The molecule has 1 aliphatic heterocycles. The first-order valence-corrected chi connectivity index (χ1v) is 6.29. The number of nitro groups is 1. The predicted molar refractivity (Wildman–Crippen MR) is 71.7 cm³/mol. The number of ether oxygens (including phenoxy) is 1. The molecule has 1 aliphatic rings. The SMILES string of the molecule is CCCC1(O)CN(c2ccc([N+](=O)[O-])c(OC)c2)C1. The Labute approximate surface area is 111 Å². The van der Waals surface area contributed by atoms with E-state index >= 15 is 0 Å². The summed E-state index contributed by atoms with van der Waals surface area (Å²) in [7, 11) is 1.41. The van der Waals surface area contributed by atoms with Gasteiger partial charge in [-0.15, -0.1) is 0 Å². The molecule has 0 atom stereocenters. The summed E-state index contributed by atoms with van der Waals surface area (Å²) in [5.74, 6) is 0.244. The smallest absolute Gasteiger partial charge is 0.311 e. The van der Waals surface area contributed by atoms with Gasteiger partial charge in [-0.05, 0) is 12.5 Å². The van der Waals surface area contributed by atoms with Crippen molar-refractivity contribution in [3.8, 4) is 5.75 Å². The third-order valence-corrected chi connectivity index (χ3v) is 3.41. The van der Waals surface area contributed by atoms with Crippen LogP contribution in [0.5, 0.6) is 5.75 Å². The Hall–Kier alpha value is -1.82. The van der Waals surface area contributed by atoms with Crippen molar-refractivity contribution in [2.45, 2.75) is 25.4 Å². The molecule has 6 nitrogen and oxygen atoms in total. The van der Waals surface area contributed by atoms with Crippen molar-refractivity contribution < 1.29 is 14.8 Å². The molecule has 0 unspecified atom stereocenters. The van der Waals surface area contributed by atoms with Crippen LogP contribution in [-0.2, 0) is 0 Å². The Morgan fingerprint density at radius 3 is 2.74 bits per heavy atom. The van der Waals surface area contributed by atoms with Crippen molar-refractivity contribution in [1.29, 1.82) is 0 Å². The maximum absolute atomic E-state index is 10.8. The molecular weight excluding hydrogens is 248 g/mol. The lowest BCUT2D eigenvalue weighted by atomic mass is 9.89. The average molecular weight is 266 g/mol. The number of β-amino-alcohol motifs (C(OH)–C–C–N with tert-alkyl or cyclic N) is 1. The molecule has 0 radical (unpaired) electrons. The first-order chi connectivity index (χ1) is 8.99. The second-order valence-electron chi connectivity index (χ2n) is 4.94. The first kappa shape index (κ1) is 13.6. The lowest BCUT2D eigenvalue weighted by Gasteiger charge is -2.48. The molecule has 6 heteroatoms. The van der Waals surface area contributed by atoms with E-state index in [0.717, 1.165) is 18.5 Å². The van der Waals surface area contributed by atoms with Crippen LogP contribution in [0.3, 0.4) is 0 Å². The molecule has 0 amide bonds. The second-order valence-corrected chi connectivity index (χ2v) is 4.94. The summed E-state index contributed by atoms with van der Waals surface area (Å²) in [4.78, 5) is 12.3. The maximum atomic E-state index is 10.8. The van der Waals surface area contributed by atoms with Gasteiger partial charge in [0.25, 0.3) is 0 Å². The molecular formula is C13H18N2O4. The zero-order valence-electron chi connectivity index (χ0n) is 11.1. The second kappa shape index (κ2) is 5.05. The van der Waals surface area contributed by atoms with Gasteiger partial charge in [-0.25, -0.2) is 0 Å². The van der Waals surface area contributed by atoms with E-state index in [9.17, 15) is 15.2 Å². The van der Waals surface area contributed by atoms with Crippen LogP contribution in [0, 0.1) is 10.1 Å². The monoisotopic (exact) mass is 266 g/mol. The molecule has 19 heavy (non-hydrogen) atoms. The van der Waals surface area contributed by atoms with Crippen LogP contribution in [0.15, 0.2) is 18.2 Å². The van der Waals surface area contributed by atoms with Crippen molar-refractivity contribution in [3.63, 3.8) is 0 Å². The van der Waals surface area contributed by atoms with Gasteiger partial charge in [0.15, 0.2) is 5.75 Å². The van der Waals surface area contributed by atoms with Crippen LogP contribution in [0.25, 0.3) is 0 Å². The average Bonchev–Trinajstić information content (AvgIpc) is 2.35. The van der Waals surface area contributed by atoms with Crippen LogP contribution in [0.4, 0.5) is 11.4 Å². The number of nitro benzene ring substituents is 1. The normalized spacial score (nSPS) is 16.9. The van der Waals surface area contributed by atoms with Crippen LogP contribution in [-0.4, -0.2) is 35.8 Å². The van der Waals surface area contributed by atoms with Crippen molar-refractivity contribution in [1.82, 2.24) is 0 Å². The fourth-order valence-electron chi connectivity index (χ4n) is 2.48. The van der Waals surface area contributed by atoms with E-state index in [2.05, 4.69) is 0 Å². The molecule has 1 fully saturated rings. The standard InChI is InChI=1S/C13H18N2O4/c1-3-6-13(16)8-14(9-13)10-4-5-11(15(17)18)12(7-10)19-2/h4-5,7,16H,3,6,8-9H2,1-2H3. The summed E-state index contributed by atoms with van der Waals surface area (Å²) in [5, 5.41) is 20.9. The summed E-state index contributed by atoms with van der Waals surface area (Å²) < 4.78 is 5.03. The van der Waals surface area contributed by atoms with Crippen molar-refractivity contribution >= 4 is 11.4 Å². The van der Waals surface area contributed by atoms with E-state index in [0.29, 0.717) is 13.1 Å². The van der Waals surface area contributed by atoms with E-state index in [-0.39, 0.29) is 11.4 Å². The minimum Gasteiger partial charge on any atom is -0.490 e. The molecule has 1 aromatic rings. The van der Waals surface area contributed by atoms with Crippen LogP contribution < -0.4 is 9.64 Å². The molecule has 0 spiro atoms. The van der Waals surface area contributed by atoms with Gasteiger partial charge >= 0.3 is 5.69 Å². The van der Waals surface area contributed by atoms with Crippen LogP contribution >= 0.6 is 0 Å². The molecule has 1 heterocycles.